The highest BCUT2D eigenvalue weighted by atomic mass is 32.1. The lowest BCUT2D eigenvalue weighted by Gasteiger charge is -2.30. The van der Waals surface area contributed by atoms with Gasteiger partial charge < -0.3 is 10.1 Å². The van der Waals surface area contributed by atoms with Gasteiger partial charge in [-0.3, -0.25) is 5.43 Å². The second kappa shape index (κ2) is 6.68. The molecule has 1 atom stereocenters. The zero-order chi connectivity index (χ0) is 13.7. The minimum absolute atomic E-state index is 0.110. The highest BCUT2D eigenvalue weighted by molar-refractivity contribution is 7.80. The van der Waals surface area contributed by atoms with Crippen molar-refractivity contribution in [1.82, 2.24) is 15.8 Å². The van der Waals surface area contributed by atoms with Gasteiger partial charge in [-0.25, -0.2) is 5.43 Å². The van der Waals surface area contributed by atoms with Gasteiger partial charge in [0.15, 0.2) is 11.3 Å². The van der Waals surface area contributed by atoms with Gasteiger partial charge in [0.1, 0.15) is 6.04 Å². The van der Waals surface area contributed by atoms with Crippen LogP contribution in [0.3, 0.4) is 0 Å². The number of likely N-dealkylation sites (tertiary alicyclic amines) is 1. The largest absolute Gasteiger partial charge is 0.618 e. The normalized spacial score (nSPS) is 17.0. The third-order valence-electron chi connectivity index (χ3n) is 3.34. The van der Waals surface area contributed by atoms with Crippen LogP contribution in [0, 0.1) is 5.21 Å². The summed E-state index contributed by atoms with van der Waals surface area (Å²) in [7, 11) is 0. The van der Waals surface area contributed by atoms with E-state index in [0.717, 1.165) is 17.8 Å². The van der Waals surface area contributed by atoms with E-state index < -0.39 is 0 Å². The van der Waals surface area contributed by atoms with Gasteiger partial charge in [0.25, 0.3) is 0 Å². The van der Waals surface area contributed by atoms with Gasteiger partial charge in [-0.1, -0.05) is 0 Å². The Morgan fingerprint density at radius 3 is 2.79 bits per heavy atom. The Kier molecular flexibility index (Phi) is 4.93. The lowest BCUT2D eigenvalue weighted by Crippen LogP contribution is -2.50. The van der Waals surface area contributed by atoms with Crippen molar-refractivity contribution in [3.8, 4) is 0 Å². The van der Waals surface area contributed by atoms with Crippen LogP contribution in [0.2, 0.25) is 0 Å². The van der Waals surface area contributed by atoms with Gasteiger partial charge in [-0.2, -0.15) is 4.73 Å². The van der Waals surface area contributed by atoms with E-state index in [1.807, 2.05) is 13.0 Å². The van der Waals surface area contributed by atoms with Crippen molar-refractivity contribution in [1.29, 1.82) is 0 Å². The number of piperidine rings is 1. The zero-order valence-corrected chi connectivity index (χ0v) is 11.9. The first-order valence-electron chi connectivity index (χ1n) is 6.67. The van der Waals surface area contributed by atoms with Crippen LogP contribution in [-0.2, 0) is 0 Å². The monoisotopic (exact) mass is 280 g/mol. The van der Waals surface area contributed by atoms with Crippen molar-refractivity contribution < 1.29 is 4.73 Å². The van der Waals surface area contributed by atoms with Crippen LogP contribution >= 0.6 is 12.2 Å². The van der Waals surface area contributed by atoms with Crippen LogP contribution in [0.1, 0.15) is 37.9 Å². The zero-order valence-electron chi connectivity index (χ0n) is 11.1. The minimum atomic E-state index is -0.110. The van der Waals surface area contributed by atoms with Gasteiger partial charge in [-0.15, -0.1) is 0 Å². The Balaban J connectivity index is 1.84. The second-order valence-electron chi connectivity index (χ2n) is 4.80. The SMILES string of the molecule is CC(NNC(=S)N1CCCCC1)c1cccc[n+]1[O-]. The molecule has 6 heteroatoms. The minimum Gasteiger partial charge on any atom is -0.618 e. The van der Waals surface area contributed by atoms with Gasteiger partial charge in [0.05, 0.1) is 0 Å². The van der Waals surface area contributed by atoms with Gasteiger partial charge in [-0.05, 0) is 44.5 Å². The highest BCUT2D eigenvalue weighted by Gasteiger charge is 2.16. The van der Waals surface area contributed by atoms with Crippen molar-refractivity contribution in [3.63, 3.8) is 0 Å². The van der Waals surface area contributed by atoms with E-state index in [1.165, 1.54) is 25.5 Å². The molecule has 0 spiro atoms. The Morgan fingerprint density at radius 2 is 2.11 bits per heavy atom. The summed E-state index contributed by atoms with van der Waals surface area (Å²) in [5.74, 6) is 0. The van der Waals surface area contributed by atoms with Crippen molar-refractivity contribution in [2.45, 2.75) is 32.2 Å². The van der Waals surface area contributed by atoms with E-state index in [0.29, 0.717) is 10.8 Å². The molecule has 0 aromatic carbocycles. The molecule has 5 nitrogen and oxygen atoms in total. The Labute approximate surface area is 119 Å². The summed E-state index contributed by atoms with van der Waals surface area (Å²) in [5, 5.41) is 12.3. The number of nitrogens with zero attached hydrogens (tertiary/aromatic N) is 2. The van der Waals surface area contributed by atoms with Crippen LogP contribution in [-0.4, -0.2) is 23.1 Å². The second-order valence-corrected chi connectivity index (χ2v) is 5.18. The van der Waals surface area contributed by atoms with E-state index in [9.17, 15) is 5.21 Å². The van der Waals surface area contributed by atoms with Crippen LogP contribution in [0.5, 0.6) is 0 Å². The lowest BCUT2D eigenvalue weighted by molar-refractivity contribution is -0.616. The Morgan fingerprint density at radius 1 is 1.37 bits per heavy atom. The fourth-order valence-corrected chi connectivity index (χ4v) is 2.44. The molecule has 1 aromatic rings. The molecule has 0 saturated carbocycles. The molecular weight excluding hydrogens is 260 g/mol. The first kappa shape index (κ1) is 14.0. The average Bonchev–Trinajstić information content (AvgIpc) is 2.46. The van der Waals surface area contributed by atoms with Gasteiger partial charge >= 0.3 is 0 Å². The summed E-state index contributed by atoms with van der Waals surface area (Å²) < 4.78 is 0.864. The molecule has 0 bridgehead atoms. The third-order valence-corrected chi connectivity index (χ3v) is 3.70. The summed E-state index contributed by atoms with van der Waals surface area (Å²) >= 11 is 5.34. The van der Waals surface area contributed by atoms with E-state index in [-0.39, 0.29) is 6.04 Å². The first-order chi connectivity index (χ1) is 9.18. The highest BCUT2D eigenvalue weighted by Crippen LogP contribution is 2.09. The Hall–Kier alpha value is -1.40. The molecule has 104 valence electrons. The van der Waals surface area contributed by atoms with Crippen LogP contribution < -0.4 is 15.6 Å². The molecule has 2 N–H and O–H groups in total. The smallest absolute Gasteiger partial charge is 0.211 e. The lowest BCUT2D eigenvalue weighted by atomic mass is 10.1. The molecule has 19 heavy (non-hydrogen) atoms. The number of thiocarbonyl (C=S) groups is 1. The van der Waals surface area contributed by atoms with E-state index in [1.54, 1.807) is 12.1 Å². The number of pyridine rings is 1. The predicted octanol–water partition coefficient (Wildman–Crippen LogP) is 1.25. The van der Waals surface area contributed by atoms with Gasteiger partial charge in [0, 0.05) is 25.2 Å². The summed E-state index contributed by atoms with van der Waals surface area (Å²) in [4.78, 5) is 2.16. The first-order valence-corrected chi connectivity index (χ1v) is 7.08. The number of nitrogens with one attached hydrogen (secondary N) is 2. The number of hydrazine groups is 1. The number of aromatic nitrogens is 1. The maximum absolute atomic E-state index is 11.6. The van der Waals surface area contributed by atoms with Crippen LogP contribution in [0.15, 0.2) is 24.4 Å². The molecule has 1 fully saturated rings. The molecule has 2 heterocycles. The van der Waals surface area contributed by atoms with E-state index in [4.69, 9.17) is 12.2 Å². The molecule has 1 aliphatic heterocycles. The fraction of sp³-hybridized carbons (Fsp3) is 0.538. The third kappa shape index (κ3) is 3.78. The molecule has 1 aliphatic rings. The van der Waals surface area contributed by atoms with Crippen LogP contribution in [0.4, 0.5) is 0 Å². The molecule has 0 radical (unpaired) electrons. The molecule has 1 aromatic heterocycles. The quantitative estimate of drug-likeness (QED) is 0.378. The summed E-state index contributed by atoms with van der Waals surface area (Å²) in [5.41, 5.74) is 6.78. The van der Waals surface area contributed by atoms with Gasteiger partial charge in [0.2, 0.25) is 5.69 Å². The number of rotatable bonds is 3. The molecular formula is C13H20N4OS. The van der Waals surface area contributed by atoms with E-state index >= 15 is 0 Å². The molecule has 1 saturated heterocycles. The van der Waals surface area contributed by atoms with Crippen molar-refractivity contribution in [3.05, 3.63) is 35.3 Å². The maximum atomic E-state index is 11.6. The standard InChI is InChI=1S/C13H20N4OS/c1-11(12-7-3-6-10-17(12)18)14-15-13(19)16-8-4-2-5-9-16/h3,6-7,10-11,14H,2,4-5,8-9H2,1H3,(H,15,19). The van der Waals surface area contributed by atoms with Crippen LogP contribution in [0.25, 0.3) is 0 Å². The van der Waals surface area contributed by atoms with Crippen molar-refractivity contribution in [2.24, 2.45) is 0 Å². The summed E-state index contributed by atoms with van der Waals surface area (Å²) in [6, 6.07) is 5.26. The molecule has 0 aliphatic carbocycles. The summed E-state index contributed by atoms with van der Waals surface area (Å²) in [6.45, 7) is 3.94. The van der Waals surface area contributed by atoms with E-state index in [2.05, 4.69) is 15.8 Å². The molecule has 1 unspecified atom stereocenters. The topological polar surface area (TPSA) is 54.2 Å². The number of hydrogen-bond donors (Lipinski definition) is 2. The number of hydrogen-bond acceptors (Lipinski definition) is 3. The maximum Gasteiger partial charge on any atom is 0.211 e. The Bertz CT molecular complexity index is 434. The molecule has 0 amide bonds. The fourth-order valence-electron chi connectivity index (χ4n) is 2.20. The predicted molar refractivity (Wildman–Crippen MR) is 78.1 cm³/mol. The van der Waals surface area contributed by atoms with Crippen molar-refractivity contribution >= 4 is 17.3 Å². The summed E-state index contributed by atoms with van der Waals surface area (Å²) in [6.07, 6.45) is 5.16. The molecule has 2 rings (SSSR count). The average molecular weight is 280 g/mol. The van der Waals surface area contributed by atoms with Crippen molar-refractivity contribution in [2.75, 3.05) is 13.1 Å².